The predicted octanol–water partition coefficient (Wildman–Crippen LogP) is 1.32. The number of ether oxygens (including phenoxy) is 1. The van der Waals surface area contributed by atoms with Crippen LogP contribution in [0, 0.1) is 0 Å². The van der Waals surface area contributed by atoms with Crippen molar-refractivity contribution < 1.29 is 9.84 Å². The van der Waals surface area contributed by atoms with Crippen LogP contribution in [-0.2, 0) is 4.74 Å². The van der Waals surface area contributed by atoms with Gasteiger partial charge in [-0.25, -0.2) is 0 Å². The fourth-order valence-corrected chi connectivity index (χ4v) is 1.40. The van der Waals surface area contributed by atoms with Crippen LogP contribution in [0.5, 0.6) is 0 Å². The van der Waals surface area contributed by atoms with Crippen LogP contribution >= 0.6 is 0 Å². The van der Waals surface area contributed by atoms with Crippen molar-refractivity contribution in [3.63, 3.8) is 0 Å². The third-order valence-corrected chi connectivity index (χ3v) is 2.15. The van der Waals surface area contributed by atoms with Crippen molar-refractivity contribution in [1.82, 2.24) is 0 Å². The molecule has 1 fully saturated rings. The zero-order valence-corrected chi connectivity index (χ0v) is 6.92. The van der Waals surface area contributed by atoms with Crippen LogP contribution in [0.25, 0.3) is 0 Å². The highest BCUT2D eigenvalue weighted by molar-refractivity contribution is 4.84. The van der Waals surface area contributed by atoms with Crippen LogP contribution in [0.2, 0.25) is 0 Å². The minimum atomic E-state index is -0.336. The van der Waals surface area contributed by atoms with Crippen molar-refractivity contribution in [2.24, 2.45) is 0 Å². The van der Waals surface area contributed by atoms with Gasteiger partial charge in [-0.05, 0) is 33.6 Å². The summed E-state index contributed by atoms with van der Waals surface area (Å²) in [4.78, 5) is 0. The van der Waals surface area contributed by atoms with Gasteiger partial charge >= 0.3 is 0 Å². The molecule has 1 aliphatic heterocycles. The summed E-state index contributed by atoms with van der Waals surface area (Å²) in [5.41, 5.74) is -0.336. The molecule has 0 spiro atoms. The number of aliphatic hydroxyl groups excluding tert-OH is 1. The number of aliphatic hydroxyl groups is 1. The largest absolute Gasteiger partial charge is 0.390 e. The lowest BCUT2D eigenvalue weighted by molar-refractivity contribution is -0.164. The lowest BCUT2D eigenvalue weighted by Gasteiger charge is -2.38. The first-order chi connectivity index (χ1) is 4.52. The Balaban J connectivity index is 2.55. The van der Waals surface area contributed by atoms with E-state index in [-0.39, 0.29) is 11.7 Å². The SMILES string of the molecule is C[C@@H]1CC[C@H](O)C(C)(C)O1. The smallest absolute Gasteiger partial charge is 0.0887 e. The topological polar surface area (TPSA) is 29.5 Å². The second-order valence-electron chi connectivity index (χ2n) is 3.63. The van der Waals surface area contributed by atoms with E-state index in [0.29, 0.717) is 6.10 Å². The lowest BCUT2D eigenvalue weighted by Crippen LogP contribution is -2.45. The lowest BCUT2D eigenvalue weighted by atomic mass is 9.92. The van der Waals surface area contributed by atoms with Crippen LogP contribution in [0.4, 0.5) is 0 Å². The molecule has 10 heavy (non-hydrogen) atoms. The second kappa shape index (κ2) is 2.51. The summed E-state index contributed by atoms with van der Waals surface area (Å²) in [6, 6.07) is 0. The molecule has 0 aliphatic carbocycles. The van der Waals surface area contributed by atoms with Crippen LogP contribution in [0.15, 0.2) is 0 Å². The highest BCUT2D eigenvalue weighted by Gasteiger charge is 2.34. The van der Waals surface area contributed by atoms with Gasteiger partial charge in [-0.15, -0.1) is 0 Å². The zero-order chi connectivity index (χ0) is 7.78. The van der Waals surface area contributed by atoms with Gasteiger partial charge in [0.05, 0.1) is 17.8 Å². The molecule has 2 nitrogen and oxygen atoms in total. The van der Waals surface area contributed by atoms with Crippen molar-refractivity contribution in [3.05, 3.63) is 0 Å². The number of hydrogen-bond donors (Lipinski definition) is 1. The minimum absolute atomic E-state index is 0.288. The first kappa shape index (κ1) is 8.02. The molecule has 1 saturated heterocycles. The Kier molecular flexibility index (Phi) is 2.02. The number of hydrogen-bond acceptors (Lipinski definition) is 2. The van der Waals surface area contributed by atoms with Crippen LogP contribution in [0.3, 0.4) is 0 Å². The molecule has 1 aliphatic rings. The van der Waals surface area contributed by atoms with Crippen molar-refractivity contribution in [2.45, 2.75) is 51.4 Å². The molecule has 2 atom stereocenters. The van der Waals surface area contributed by atoms with Crippen LogP contribution < -0.4 is 0 Å². The predicted molar refractivity (Wildman–Crippen MR) is 39.9 cm³/mol. The Hall–Kier alpha value is -0.0800. The van der Waals surface area contributed by atoms with E-state index in [1.807, 2.05) is 20.8 Å². The molecule has 1 rings (SSSR count). The molecule has 60 valence electrons. The second-order valence-corrected chi connectivity index (χ2v) is 3.63. The summed E-state index contributed by atoms with van der Waals surface area (Å²) < 4.78 is 5.54. The van der Waals surface area contributed by atoms with E-state index < -0.39 is 0 Å². The summed E-state index contributed by atoms with van der Waals surface area (Å²) in [5.74, 6) is 0. The number of rotatable bonds is 0. The van der Waals surface area contributed by atoms with Crippen molar-refractivity contribution in [1.29, 1.82) is 0 Å². The van der Waals surface area contributed by atoms with E-state index in [1.165, 1.54) is 0 Å². The molecule has 0 amide bonds. The Bertz CT molecular complexity index is 120. The maximum atomic E-state index is 9.43. The monoisotopic (exact) mass is 144 g/mol. The normalized spacial score (nSPS) is 39.6. The van der Waals surface area contributed by atoms with Gasteiger partial charge in [0.25, 0.3) is 0 Å². The molecular weight excluding hydrogens is 128 g/mol. The fraction of sp³-hybridized carbons (Fsp3) is 1.00. The Morgan fingerprint density at radius 3 is 2.40 bits per heavy atom. The Labute approximate surface area is 62.2 Å². The van der Waals surface area contributed by atoms with E-state index in [9.17, 15) is 5.11 Å². The highest BCUT2D eigenvalue weighted by atomic mass is 16.5. The third kappa shape index (κ3) is 1.50. The van der Waals surface area contributed by atoms with Gasteiger partial charge in [-0.3, -0.25) is 0 Å². The molecule has 0 saturated carbocycles. The minimum Gasteiger partial charge on any atom is -0.390 e. The molecular formula is C8H16O2. The Morgan fingerprint density at radius 1 is 1.40 bits per heavy atom. The maximum absolute atomic E-state index is 9.43. The van der Waals surface area contributed by atoms with Gasteiger partial charge in [0, 0.05) is 0 Å². The summed E-state index contributed by atoms with van der Waals surface area (Å²) >= 11 is 0. The van der Waals surface area contributed by atoms with E-state index >= 15 is 0 Å². The summed E-state index contributed by atoms with van der Waals surface area (Å²) in [6.45, 7) is 5.92. The van der Waals surface area contributed by atoms with Crippen molar-refractivity contribution >= 4 is 0 Å². The molecule has 0 aromatic carbocycles. The van der Waals surface area contributed by atoms with Crippen LogP contribution in [0.1, 0.15) is 33.6 Å². The van der Waals surface area contributed by atoms with E-state index in [2.05, 4.69) is 0 Å². The zero-order valence-electron chi connectivity index (χ0n) is 6.92. The van der Waals surface area contributed by atoms with Gasteiger partial charge in [0.15, 0.2) is 0 Å². The van der Waals surface area contributed by atoms with E-state index in [4.69, 9.17) is 4.74 Å². The van der Waals surface area contributed by atoms with Gasteiger partial charge in [0.2, 0.25) is 0 Å². The summed E-state index contributed by atoms with van der Waals surface area (Å²) in [7, 11) is 0. The maximum Gasteiger partial charge on any atom is 0.0887 e. The molecule has 0 bridgehead atoms. The molecule has 0 radical (unpaired) electrons. The molecule has 1 N–H and O–H groups in total. The van der Waals surface area contributed by atoms with Gasteiger partial charge < -0.3 is 9.84 Å². The quantitative estimate of drug-likeness (QED) is 0.555. The van der Waals surface area contributed by atoms with Gasteiger partial charge in [-0.2, -0.15) is 0 Å². The fourth-order valence-electron chi connectivity index (χ4n) is 1.40. The molecule has 1 heterocycles. The van der Waals surface area contributed by atoms with Gasteiger partial charge in [0.1, 0.15) is 0 Å². The average molecular weight is 144 g/mol. The molecule has 0 aromatic rings. The molecule has 0 aromatic heterocycles. The first-order valence-electron chi connectivity index (χ1n) is 3.88. The first-order valence-corrected chi connectivity index (χ1v) is 3.88. The van der Waals surface area contributed by atoms with Crippen LogP contribution in [-0.4, -0.2) is 22.9 Å². The van der Waals surface area contributed by atoms with Gasteiger partial charge in [-0.1, -0.05) is 0 Å². The Morgan fingerprint density at radius 2 is 2.00 bits per heavy atom. The van der Waals surface area contributed by atoms with E-state index in [1.54, 1.807) is 0 Å². The summed E-state index contributed by atoms with van der Waals surface area (Å²) in [5, 5.41) is 9.43. The van der Waals surface area contributed by atoms with E-state index in [0.717, 1.165) is 12.8 Å². The molecule has 0 unspecified atom stereocenters. The third-order valence-electron chi connectivity index (χ3n) is 2.15. The highest BCUT2D eigenvalue weighted by Crippen LogP contribution is 2.27. The summed E-state index contributed by atoms with van der Waals surface area (Å²) in [6.07, 6.45) is 1.86. The molecule has 2 heteroatoms. The van der Waals surface area contributed by atoms with Crippen molar-refractivity contribution in [3.8, 4) is 0 Å². The standard InChI is InChI=1S/C8H16O2/c1-6-4-5-7(9)8(2,3)10-6/h6-7,9H,4-5H2,1-3H3/t6-,7+/m1/s1. The average Bonchev–Trinajstić information content (AvgIpc) is 1.78. The van der Waals surface area contributed by atoms with Crippen molar-refractivity contribution in [2.75, 3.05) is 0 Å².